The fourth-order valence-corrected chi connectivity index (χ4v) is 1.07. The molecule has 5 N–H and O–H groups in total. The largest absolute Gasteiger partial charge is 0.508 e. The van der Waals surface area contributed by atoms with Crippen molar-refractivity contribution in [2.24, 2.45) is 5.73 Å². The van der Waals surface area contributed by atoms with E-state index in [1.165, 1.54) is 0 Å². The minimum absolute atomic E-state index is 0. The summed E-state index contributed by atoms with van der Waals surface area (Å²) < 4.78 is 12.1. The molecule has 80 valence electrons. The Balaban J connectivity index is 0.00000169. The summed E-state index contributed by atoms with van der Waals surface area (Å²) in [6, 6.07) is 0.899. The van der Waals surface area contributed by atoms with Crippen LogP contribution in [0.25, 0.3) is 0 Å². The third-order valence-electron chi connectivity index (χ3n) is 1.66. The summed E-state index contributed by atoms with van der Waals surface area (Å²) >= 11 is 0. The molecule has 4 nitrogen and oxygen atoms in total. The quantitative estimate of drug-likeness (QED) is 0.607. The minimum Gasteiger partial charge on any atom is -0.508 e. The fraction of sp³-hybridized carbons (Fsp3) is 0.250. The highest BCUT2D eigenvalue weighted by Gasteiger charge is 2.16. The number of hydrogen-bond donors (Lipinski definition) is 4. The molecule has 0 spiro atoms. The Morgan fingerprint density at radius 3 is 2.00 bits per heavy atom. The Morgan fingerprint density at radius 2 is 1.64 bits per heavy atom. The highest BCUT2D eigenvalue weighted by molar-refractivity contribution is 5.85. The van der Waals surface area contributed by atoms with Gasteiger partial charge in [-0.1, -0.05) is 0 Å². The van der Waals surface area contributed by atoms with Gasteiger partial charge in [-0.3, -0.25) is 0 Å². The van der Waals surface area contributed by atoms with Gasteiger partial charge in [-0.25, -0.2) is 4.39 Å². The molecule has 6 heteroatoms. The zero-order valence-electron chi connectivity index (χ0n) is 7.14. The molecule has 0 amide bonds. The average molecular weight is 224 g/mol. The maximum atomic E-state index is 12.1. The summed E-state index contributed by atoms with van der Waals surface area (Å²) in [5, 5.41) is 27.3. The first-order chi connectivity index (χ1) is 6.06. The van der Waals surface area contributed by atoms with Crippen LogP contribution in [0.2, 0.25) is 0 Å². The number of nitrogens with two attached hydrogens (primary N) is 1. The van der Waals surface area contributed by atoms with E-state index in [0.717, 1.165) is 12.1 Å². The molecule has 0 aromatic heterocycles. The van der Waals surface area contributed by atoms with E-state index in [4.69, 9.17) is 10.8 Å². The van der Waals surface area contributed by atoms with Gasteiger partial charge in [0.15, 0.2) is 0 Å². The average Bonchev–Trinajstić information content (AvgIpc) is 2.02. The minimum atomic E-state index is -1.08. The molecule has 0 aliphatic rings. The zero-order valence-corrected chi connectivity index (χ0v) is 7.96. The van der Waals surface area contributed by atoms with E-state index in [1.54, 1.807) is 0 Å². The van der Waals surface area contributed by atoms with Crippen LogP contribution in [0.4, 0.5) is 4.39 Å². The lowest BCUT2D eigenvalue weighted by molar-refractivity contribution is 0.385. The first-order valence-electron chi connectivity index (χ1n) is 3.62. The van der Waals surface area contributed by atoms with Crippen LogP contribution in [-0.4, -0.2) is 22.0 Å². The lowest BCUT2D eigenvalue weighted by Crippen LogP contribution is -2.12. The third-order valence-corrected chi connectivity index (χ3v) is 1.66. The van der Waals surface area contributed by atoms with Crippen molar-refractivity contribution in [1.29, 1.82) is 0 Å². The lowest BCUT2D eigenvalue weighted by Gasteiger charge is -2.11. The van der Waals surface area contributed by atoms with Gasteiger partial charge in [0, 0.05) is 12.1 Å². The second-order valence-corrected chi connectivity index (χ2v) is 2.66. The highest BCUT2D eigenvalue weighted by Crippen LogP contribution is 2.35. The molecule has 0 heterocycles. The molecular formula is C8H11ClFNO3. The van der Waals surface area contributed by atoms with Crippen LogP contribution in [0.5, 0.6) is 17.2 Å². The normalized spacial score (nSPS) is 11.9. The van der Waals surface area contributed by atoms with Crippen molar-refractivity contribution >= 4 is 12.4 Å². The molecule has 0 radical (unpaired) electrons. The molecular weight excluding hydrogens is 213 g/mol. The summed E-state index contributed by atoms with van der Waals surface area (Å²) in [5.74, 6) is -1.13. The second kappa shape index (κ2) is 4.88. The van der Waals surface area contributed by atoms with Crippen LogP contribution in [0, 0.1) is 0 Å². The van der Waals surface area contributed by atoms with E-state index < -0.39 is 24.2 Å². The predicted molar refractivity (Wildman–Crippen MR) is 51.6 cm³/mol. The topological polar surface area (TPSA) is 86.7 Å². The van der Waals surface area contributed by atoms with Crippen molar-refractivity contribution < 1.29 is 19.7 Å². The van der Waals surface area contributed by atoms with Gasteiger partial charge in [0.1, 0.15) is 23.9 Å². The number of aromatic hydroxyl groups is 3. The summed E-state index contributed by atoms with van der Waals surface area (Å²) in [6.45, 7) is -0.897. The van der Waals surface area contributed by atoms with E-state index in [0.29, 0.717) is 0 Å². The lowest BCUT2D eigenvalue weighted by atomic mass is 10.1. The molecule has 0 aliphatic heterocycles. The van der Waals surface area contributed by atoms with Crippen molar-refractivity contribution in [3.63, 3.8) is 0 Å². The molecule has 0 aliphatic carbocycles. The standard InChI is InChI=1S/C8H10FNO3.ClH/c9-3-5(10)8-6(12)1-4(11)2-7(8)13;/h1-2,5,11-13H,3,10H2;1H/t5-;/m0./s1. The Kier molecular flexibility index (Phi) is 4.46. The van der Waals surface area contributed by atoms with Gasteiger partial charge >= 0.3 is 0 Å². The van der Waals surface area contributed by atoms with Gasteiger partial charge in [-0.05, 0) is 0 Å². The Morgan fingerprint density at radius 1 is 1.21 bits per heavy atom. The number of rotatable bonds is 2. The van der Waals surface area contributed by atoms with E-state index in [2.05, 4.69) is 0 Å². The fourth-order valence-electron chi connectivity index (χ4n) is 1.07. The number of halogens is 2. The summed E-state index contributed by atoms with van der Waals surface area (Å²) in [4.78, 5) is 0. The van der Waals surface area contributed by atoms with Crippen LogP contribution in [0.3, 0.4) is 0 Å². The highest BCUT2D eigenvalue weighted by atomic mass is 35.5. The number of phenolic OH excluding ortho intramolecular Hbond substituents is 3. The molecule has 0 bridgehead atoms. The van der Waals surface area contributed by atoms with Crippen LogP contribution >= 0.6 is 12.4 Å². The molecule has 0 saturated carbocycles. The maximum Gasteiger partial charge on any atom is 0.127 e. The van der Waals surface area contributed by atoms with Gasteiger partial charge in [-0.2, -0.15) is 0 Å². The Bertz CT molecular complexity index is 298. The van der Waals surface area contributed by atoms with Gasteiger partial charge in [0.2, 0.25) is 0 Å². The summed E-state index contributed by atoms with van der Waals surface area (Å²) in [7, 11) is 0. The van der Waals surface area contributed by atoms with Crippen molar-refractivity contribution in [3.05, 3.63) is 17.7 Å². The Labute approximate surface area is 86.2 Å². The molecule has 0 unspecified atom stereocenters. The summed E-state index contributed by atoms with van der Waals surface area (Å²) in [6.07, 6.45) is 0. The van der Waals surface area contributed by atoms with Crippen molar-refractivity contribution in [3.8, 4) is 17.2 Å². The van der Waals surface area contributed by atoms with Crippen LogP contribution < -0.4 is 5.73 Å². The van der Waals surface area contributed by atoms with Crippen molar-refractivity contribution in [1.82, 2.24) is 0 Å². The molecule has 14 heavy (non-hydrogen) atoms. The number of hydrogen-bond acceptors (Lipinski definition) is 4. The van der Waals surface area contributed by atoms with Crippen molar-refractivity contribution in [2.75, 3.05) is 6.67 Å². The smallest absolute Gasteiger partial charge is 0.127 e. The molecule has 1 aromatic rings. The van der Waals surface area contributed by atoms with Crippen LogP contribution in [0.1, 0.15) is 11.6 Å². The van der Waals surface area contributed by atoms with E-state index >= 15 is 0 Å². The second-order valence-electron chi connectivity index (χ2n) is 2.66. The van der Waals surface area contributed by atoms with E-state index in [9.17, 15) is 14.6 Å². The monoisotopic (exact) mass is 223 g/mol. The third kappa shape index (κ3) is 2.40. The number of benzene rings is 1. The first kappa shape index (κ1) is 12.8. The number of phenols is 3. The van der Waals surface area contributed by atoms with Gasteiger partial charge in [0.05, 0.1) is 11.6 Å². The van der Waals surface area contributed by atoms with Crippen LogP contribution in [0.15, 0.2) is 12.1 Å². The predicted octanol–water partition coefficient (Wildman–Crippen LogP) is 1.19. The summed E-state index contributed by atoms with van der Waals surface area (Å²) in [5.41, 5.74) is 5.17. The molecule has 0 fully saturated rings. The Hall–Kier alpha value is -1.20. The van der Waals surface area contributed by atoms with Crippen molar-refractivity contribution in [2.45, 2.75) is 6.04 Å². The molecule has 1 aromatic carbocycles. The molecule has 0 saturated heterocycles. The number of alkyl halides is 1. The first-order valence-corrected chi connectivity index (χ1v) is 3.62. The van der Waals surface area contributed by atoms with Crippen LogP contribution in [-0.2, 0) is 0 Å². The zero-order chi connectivity index (χ0) is 10.0. The van der Waals surface area contributed by atoms with E-state index in [-0.39, 0.29) is 23.7 Å². The van der Waals surface area contributed by atoms with Gasteiger partial charge in [-0.15, -0.1) is 12.4 Å². The molecule has 1 atom stereocenters. The SMILES string of the molecule is Cl.N[C@@H](CF)c1c(O)cc(O)cc1O. The van der Waals surface area contributed by atoms with E-state index in [1.807, 2.05) is 0 Å². The maximum absolute atomic E-state index is 12.1. The van der Waals surface area contributed by atoms with Gasteiger partial charge < -0.3 is 21.1 Å². The molecule has 1 rings (SSSR count). The van der Waals surface area contributed by atoms with Gasteiger partial charge in [0.25, 0.3) is 0 Å².